The van der Waals surface area contributed by atoms with Gasteiger partial charge in [0.15, 0.2) is 0 Å². The molecule has 0 fully saturated rings. The number of benzene rings is 6. The van der Waals surface area contributed by atoms with Crippen LogP contribution in [0.5, 0.6) is 0 Å². The molecule has 0 atom stereocenters. The van der Waals surface area contributed by atoms with E-state index in [1.54, 1.807) is 24.5 Å². The summed E-state index contributed by atoms with van der Waals surface area (Å²) in [5, 5.41) is 26.0. The van der Waals surface area contributed by atoms with Crippen molar-refractivity contribution in [3.05, 3.63) is 145 Å². The molecule has 2 heterocycles. The second kappa shape index (κ2) is 10.2. The largest absolute Gasteiger partial charge is 0.256 e. The van der Waals surface area contributed by atoms with Crippen LogP contribution in [0.25, 0.3) is 77.1 Å². The number of hydrogen-bond donors (Lipinski definition) is 0. The van der Waals surface area contributed by atoms with Crippen LogP contribution < -0.4 is 0 Å². The van der Waals surface area contributed by atoms with Gasteiger partial charge in [-0.05, 0) is 78.8 Å². The molecule has 0 unspecified atom stereocenters. The maximum absolute atomic E-state index is 9.28. The van der Waals surface area contributed by atoms with Crippen LogP contribution >= 0.6 is 0 Å². The first kappa shape index (κ1) is 25.4. The Labute approximate surface area is 254 Å². The Bertz CT molecular complexity index is 2270. The van der Waals surface area contributed by atoms with E-state index in [-0.39, 0.29) is 0 Å². The first-order valence-electron chi connectivity index (χ1n) is 14.3. The van der Waals surface area contributed by atoms with E-state index >= 15 is 0 Å². The number of nitrogens with zero attached hydrogens (tertiary/aromatic N) is 4. The smallest absolute Gasteiger partial charge is 0.0992 e. The van der Waals surface area contributed by atoms with Crippen molar-refractivity contribution in [3.8, 4) is 56.9 Å². The summed E-state index contributed by atoms with van der Waals surface area (Å²) >= 11 is 0. The molecule has 0 N–H and O–H groups in total. The number of aromatic nitrogens is 2. The van der Waals surface area contributed by atoms with Gasteiger partial charge in [-0.2, -0.15) is 10.5 Å². The molecule has 0 aliphatic carbocycles. The van der Waals surface area contributed by atoms with Gasteiger partial charge >= 0.3 is 0 Å². The molecule has 0 saturated heterocycles. The lowest BCUT2D eigenvalue weighted by Crippen LogP contribution is -1.90. The fourth-order valence-electron chi connectivity index (χ4n) is 6.26. The van der Waals surface area contributed by atoms with Gasteiger partial charge < -0.3 is 0 Å². The average molecular weight is 559 g/mol. The molecule has 2 aromatic heterocycles. The van der Waals surface area contributed by atoms with E-state index in [2.05, 4.69) is 119 Å². The van der Waals surface area contributed by atoms with Crippen molar-refractivity contribution in [2.24, 2.45) is 0 Å². The fraction of sp³-hybridized carbons (Fsp3) is 0. The molecule has 0 aliphatic heterocycles. The first-order valence-corrected chi connectivity index (χ1v) is 14.3. The Balaban J connectivity index is 1.23. The van der Waals surface area contributed by atoms with Crippen LogP contribution in [-0.2, 0) is 0 Å². The third-order valence-corrected chi connectivity index (χ3v) is 8.43. The maximum atomic E-state index is 9.28. The minimum atomic E-state index is 0.601. The van der Waals surface area contributed by atoms with Crippen LogP contribution in [0.1, 0.15) is 11.1 Å². The molecule has 0 spiro atoms. The van der Waals surface area contributed by atoms with Crippen molar-refractivity contribution >= 4 is 32.3 Å². The summed E-state index contributed by atoms with van der Waals surface area (Å²) in [4.78, 5) is 8.92. The second-order valence-electron chi connectivity index (χ2n) is 10.9. The Morgan fingerprint density at radius 1 is 0.409 bits per heavy atom. The SMILES string of the molecule is N#Cc1ccnc(-c2ccc(-c3ccc4ccc5c(-c6ccc(-c7cc(C#N)ccn7)cc6)ccc6ccc3c4c65)cc2)c1. The summed E-state index contributed by atoms with van der Waals surface area (Å²) in [7, 11) is 0. The molecule has 0 amide bonds. The number of pyridine rings is 2. The zero-order valence-electron chi connectivity index (χ0n) is 23.5. The van der Waals surface area contributed by atoms with Crippen molar-refractivity contribution in [3.63, 3.8) is 0 Å². The molecular formula is C40H22N4. The predicted octanol–water partition coefficient (Wildman–Crippen LogP) is 9.79. The van der Waals surface area contributed by atoms with Crippen LogP contribution in [-0.4, -0.2) is 9.97 Å². The van der Waals surface area contributed by atoms with Crippen molar-refractivity contribution in [1.82, 2.24) is 9.97 Å². The molecule has 0 radical (unpaired) electrons. The molecule has 8 aromatic rings. The lowest BCUT2D eigenvalue weighted by atomic mass is 9.87. The topological polar surface area (TPSA) is 73.4 Å². The predicted molar refractivity (Wildman–Crippen MR) is 177 cm³/mol. The average Bonchev–Trinajstić information content (AvgIpc) is 3.10. The molecule has 0 saturated carbocycles. The van der Waals surface area contributed by atoms with Gasteiger partial charge in [0.05, 0.1) is 34.7 Å². The third-order valence-electron chi connectivity index (χ3n) is 8.43. The Kier molecular flexibility index (Phi) is 5.86. The molecule has 8 rings (SSSR count). The molecule has 6 aromatic carbocycles. The highest BCUT2D eigenvalue weighted by Gasteiger charge is 2.15. The zero-order valence-corrected chi connectivity index (χ0v) is 23.5. The molecule has 44 heavy (non-hydrogen) atoms. The monoisotopic (exact) mass is 558 g/mol. The first-order chi connectivity index (χ1) is 21.7. The summed E-state index contributed by atoms with van der Waals surface area (Å²) in [6.07, 6.45) is 3.36. The van der Waals surface area contributed by atoms with Crippen LogP contribution in [0.15, 0.2) is 134 Å². The van der Waals surface area contributed by atoms with E-state index < -0.39 is 0 Å². The third kappa shape index (κ3) is 4.14. The van der Waals surface area contributed by atoms with Gasteiger partial charge in [-0.25, -0.2) is 0 Å². The second-order valence-corrected chi connectivity index (χ2v) is 10.9. The van der Waals surface area contributed by atoms with E-state index in [0.717, 1.165) is 33.6 Å². The number of nitriles is 2. The lowest BCUT2D eigenvalue weighted by molar-refractivity contribution is 1.31. The molecular weight excluding hydrogens is 536 g/mol. The Hall–Kier alpha value is -6.36. The lowest BCUT2D eigenvalue weighted by Gasteiger charge is -2.17. The number of rotatable bonds is 4. The Morgan fingerprint density at radius 2 is 0.795 bits per heavy atom. The standard InChI is InChI=1S/C40H22N4/c41-23-25-17-19-43-37(21-25)29-5-1-27(2-6-29)33-13-9-31-12-16-36-34(14-10-32-11-15-35(33)39(31)40(32)36)28-3-7-30(8-4-28)38-22-26(24-42)18-20-44-38/h1-22H. The van der Waals surface area contributed by atoms with Gasteiger partial charge in [-0.15, -0.1) is 0 Å². The van der Waals surface area contributed by atoms with Gasteiger partial charge in [0.2, 0.25) is 0 Å². The molecule has 4 heteroatoms. The van der Waals surface area contributed by atoms with E-state index in [1.807, 2.05) is 12.1 Å². The zero-order chi connectivity index (χ0) is 29.6. The van der Waals surface area contributed by atoms with E-state index in [9.17, 15) is 10.5 Å². The highest BCUT2D eigenvalue weighted by Crippen LogP contribution is 2.42. The van der Waals surface area contributed by atoms with E-state index in [1.165, 1.54) is 43.4 Å². The van der Waals surface area contributed by atoms with Gasteiger partial charge in [0.1, 0.15) is 0 Å². The van der Waals surface area contributed by atoms with Crippen LogP contribution in [0.3, 0.4) is 0 Å². The summed E-state index contributed by atoms with van der Waals surface area (Å²) in [6.45, 7) is 0. The highest BCUT2D eigenvalue weighted by atomic mass is 14.7. The van der Waals surface area contributed by atoms with Crippen molar-refractivity contribution in [2.75, 3.05) is 0 Å². The quantitative estimate of drug-likeness (QED) is 0.202. The number of hydrogen-bond acceptors (Lipinski definition) is 4. The van der Waals surface area contributed by atoms with Crippen LogP contribution in [0.2, 0.25) is 0 Å². The normalized spacial score (nSPS) is 11.1. The summed E-state index contributed by atoms with van der Waals surface area (Å²) in [6, 6.07) is 46.1. The van der Waals surface area contributed by atoms with Crippen LogP contribution in [0.4, 0.5) is 0 Å². The summed E-state index contributed by atoms with van der Waals surface area (Å²) in [5.74, 6) is 0. The maximum Gasteiger partial charge on any atom is 0.0992 e. The van der Waals surface area contributed by atoms with Gasteiger partial charge in [0, 0.05) is 23.5 Å². The van der Waals surface area contributed by atoms with Crippen LogP contribution in [0, 0.1) is 22.7 Å². The highest BCUT2D eigenvalue weighted by molar-refractivity contribution is 6.27. The Morgan fingerprint density at radius 3 is 1.20 bits per heavy atom. The molecule has 202 valence electrons. The molecule has 4 nitrogen and oxygen atoms in total. The van der Waals surface area contributed by atoms with Gasteiger partial charge in [-0.1, -0.05) is 97.1 Å². The van der Waals surface area contributed by atoms with Crippen molar-refractivity contribution in [2.45, 2.75) is 0 Å². The van der Waals surface area contributed by atoms with Crippen molar-refractivity contribution < 1.29 is 0 Å². The fourth-order valence-corrected chi connectivity index (χ4v) is 6.26. The molecule has 0 bridgehead atoms. The van der Waals surface area contributed by atoms with E-state index in [0.29, 0.717) is 11.1 Å². The van der Waals surface area contributed by atoms with Gasteiger partial charge in [0.25, 0.3) is 0 Å². The van der Waals surface area contributed by atoms with Gasteiger partial charge in [-0.3, -0.25) is 9.97 Å². The molecule has 0 aliphatic rings. The summed E-state index contributed by atoms with van der Waals surface area (Å²) < 4.78 is 0. The summed E-state index contributed by atoms with van der Waals surface area (Å²) in [5.41, 5.74) is 9.36. The minimum absolute atomic E-state index is 0.601. The minimum Gasteiger partial charge on any atom is -0.256 e. The van der Waals surface area contributed by atoms with Crippen molar-refractivity contribution in [1.29, 1.82) is 10.5 Å². The van der Waals surface area contributed by atoms with E-state index in [4.69, 9.17) is 0 Å².